The summed E-state index contributed by atoms with van der Waals surface area (Å²) in [6, 6.07) is 17.6. The highest BCUT2D eigenvalue weighted by Gasteiger charge is 2.16. The normalized spacial score (nSPS) is 14.5. The fourth-order valence-corrected chi connectivity index (χ4v) is 3.95. The zero-order valence-electron chi connectivity index (χ0n) is 13.7. The van der Waals surface area contributed by atoms with E-state index in [1.807, 2.05) is 54.6 Å². The summed E-state index contributed by atoms with van der Waals surface area (Å²) in [5.74, 6) is 1.42. The Kier molecular flexibility index (Phi) is 6.19. The summed E-state index contributed by atoms with van der Waals surface area (Å²) in [6.07, 6.45) is 5.13. The van der Waals surface area contributed by atoms with Gasteiger partial charge in [0.25, 0.3) is 0 Å². The SMILES string of the molecule is O=C(CSC1CCCC1)Nc1ccc(OCc2ccccc2)cc1. The number of carbonyl (C=O) groups excluding carboxylic acids is 1. The van der Waals surface area contributed by atoms with Crippen molar-refractivity contribution in [3.8, 4) is 5.75 Å². The fraction of sp³-hybridized carbons (Fsp3) is 0.350. The minimum absolute atomic E-state index is 0.0739. The molecule has 0 spiro atoms. The van der Waals surface area contributed by atoms with E-state index < -0.39 is 0 Å². The van der Waals surface area contributed by atoms with Crippen LogP contribution in [0.15, 0.2) is 54.6 Å². The number of nitrogens with one attached hydrogen (secondary N) is 1. The van der Waals surface area contributed by atoms with Crippen LogP contribution in [-0.4, -0.2) is 16.9 Å². The van der Waals surface area contributed by atoms with Crippen LogP contribution in [0.1, 0.15) is 31.2 Å². The summed E-state index contributed by atoms with van der Waals surface area (Å²) in [4.78, 5) is 12.0. The number of anilines is 1. The van der Waals surface area contributed by atoms with E-state index in [1.54, 1.807) is 11.8 Å². The van der Waals surface area contributed by atoms with Crippen molar-refractivity contribution >= 4 is 23.4 Å². The van der Waals surface area contributed by atoms with Crippen molar-refractivity contribution in [3.05, 3.63) is 60.2 Å². The molecule has 3 rings (SSSR count). The zero-order chi connectivity index (χ0) is 16.6. The molecule has 1 aliphatic carbocycles. The van der Waals surface area contributed by atoms with Gasteiger partial charge in [-0.2, -0.15) is 0 Å². The number of ether oxygens (including phenoxy) is 1. The van der Waals surface area contributed by atoms with Crippen LogP contribution in [0.5, 0.6) is 5.75 Å². The molecule has 1 amide bonds. The van der Waals surface area contributed by atoms with E-state index in [2.05, 4.69) is 5.32 Å². The number of thioether (sulfide) groups is 1. The van der Waals surface area contributed by atoms with Gasteiger partial charge in [-0.15, -0.1) is 11.8 Å². The molecule has 2 aromatic carbocycles. The molecule has 0 aliphatic heterocycles. The predicted octanol–water partition coefficient (Wildman–Crippen LogP) is 4.88. The molecule has 4 heteroatoms. The predicted molar refractivity (Wildman–Crippen MR) is 101 cm³/mol. The molecule has 0 heterocycles. The first-order valence-corrected chi connectivity index (χ1v) is 9.53. The molecule has 0 bridgehead atoms. The lowest BCUT2D eigenvalue weighted by Gasteiger charge is -2.10. The Hall–Kier alpha value is -1.94. The van der Waals surface area contributed by atoms with Crippen molar-refractivity contribution in [2.75, 3.05) is 11.1 Å². The minimum Gasteiger partial charge on any atom is -0.489 e. The second kappa shape index (κ2) is 8.78. The lowest BCUT2D eigenvalue weighted by Crippen LogP contribution is -2.15. The van der Waals surface area contributed by atoms with Crippen molar-refractivity contribution in [2.24, 2.45) is 0 Å². The summed E-state index contributed by atoms with van der Waals surface area (Å²) in [5.41, 5.74) is 1.96. The number of amides is 1. The average Bonchev–Trinajstić information content (AvgIpc) is 3.14. The van der Waals surface area contributed by atoms with Crippen LogP contribution < -0.4 is 10.1 Å². The first-order valence-electron chi connectivity index (χ1n) is 8.48. The largest absolute Gasteiger partial charge is 0.489 e. The van der Waals surface area contributed by atoms with Gasteiger partial charge >= 0.3 is 0 Å². The van der Waals surface area contributed by atoms with Crippen LogP contribution >= 0.6 is 11.8 Å². The first-order chi connectivity index (χ1) is 11.8. The Bertz CT molecular complexity index is 636. The van der Waals surface area contributed by atoms with Gasteiger partial charge in [-0.25, -0.2) is 0 Å². The van der Waals surface area contributed by atoms with Gasteiger partial charge in [0.05, 0.1) is 5.75 Å². The molecule has 24 heavy (non-hydrogen) atoms. The monoisotopic (exact) mass is 341 g/mol. The van der Waals surface area contributed by atoms with E-state index in [-0.39, 0.29) is 5.91 Å². The summed E-state index contributed by atoms with van der Waals surface area (Å²) >= 11 is 1.78. The van der Waals surface area contributed by atoms with Crippen LogP contribution in [0.3, 0.4) is 0 Å². The summed E-state index contributed by atoms with van der Waals surface area (Å²) in [5, 5.41) is 3.62. The van der Waals surface area contributed by atoms with E-state index in [9.17, 15) is 4.79 Å². The molecular weight excluding hydrogens is 318 g/mol. The molecule has 3 nitrogen and oxygen atoms in total. The van der Waals surface area contributed by atoms with Crippen LogP contribution in [-0.2, 0) is 11.4 Å². The highest BCUT2D eigenvalue weighted by Crippen LogP contribution is 2.29. The minimum atomic E-state index is 0.0739. The number of rotatable bonds is 7. The molecule has 1 saturated carbocycles. The molecule has 0 radical (unpaired) electrons. The molecule has 2 aromatic rings. The van der Waals surface area contributed by atoms with E-state index in [0.717, 1.165) is 17.0 Å². The van der Waals surface area contributed by atoms with E-state index >= 15 is 0 Å². The van der Waals surface area contributed by atoms with E-state index in [1.165, 1.54) is 25.7 Å². The van der Waals surface area contributed by atoms with Crippen molar-refractivity contribution in [1.82, 2.24) is 0 Å². The smallest absolute Gasteiger partial charge is 0.234 e. The number of hydrogen-bond acceptors (Lipinski definition) is 3. The van der Waals surface area contributed by atoms with Gasteiger partial charge in [0.1, 0.15) is 12.4 Å². The van der Waals surface area contributed by atoms with Gasteiger partial charge in [0, 0.05) is 10.9 Å². The molecule has 0 atom stereocenters. The molecule has 1 fully saturated rings. The maximum Gasteiger partial charge on any atom is 0.234 e. The van der Waals surface area contributed by atoms with E-state index in [4.69, 9.17) is 4.74 Å². The van der Waals surface area contributed by atoms with Gasteiger partial charge in [0.2, 0.25) is 5.91 Å². The van der Waals surface area contributed by atoms with Crippen molar-refractivity contribution < 1.29 is 9.53 Å². The average molecular weight is 341 g/mol. The third-order valence-corrected chi connectivity index (χ3v) is 5.51. The number of benzene rings is 2. The van der Waals surface area contributed by atoms with Crippen LogP contribution in [0, 0.1) is 0 Å². The van der Waals surface area contributed by atoms with Crippen LogP contribution in [0.2, 0.25) is 0 Å². The third-order valence-electron chi connectivity index (χ3n) is 4.14. The molecule has 0 aromatic heterocycles. The fourth-order valence-electron chi connectivity index (χ4n) is 2.82. The number of carbonyl (C=O) groups is 1. The van der Waals surface area contributed by atoms with Gasteiger partial charge in [-0.05, 0) is 42.7 Å². The van der Waals surface area contributed by atoms with Crippen molar-refractivity contribution in [2.45, 2.75) is 37.5 Å². The number of hydrogen-bond donors (Lipinski definition) is 1. The van der Waals surface area contributed by atoms with Crippen molar-refractivity contribution in [1.29, 1.82) is 0 Å². The van der Waals surface area contributed by atoms with Crippen molar-refractivity contribution in [3.63, 3.8) is 0 Å². The molecule has 1 aliphatic rings. The highest BCUT2D eigenvalue weighted by atomic mass is 32.2. The van der Waals surface area contributed by atoms with Gasteiger partial charge in [0.15, 0.2) is 0 Å². The maximum atomic E-state index is 12.0. The molecular formula is C20H23NO2S. The Balaban J connectivity index is 1.42. The summed E-state index contributed by atoms with van der Waals surface area (Å²) in [6.45, 7) is 0.546. The van der Waals surface area contributed by atoms with Gasteiger partial charge in [-0.3, -0.25) is 4.79 Å². The second-order valence-electron chi connectivity index (χ2n) is 6.06. The second-order valence-corrected chi connectivity index (χ2v) is 7.35. The lowest BCUT2D eigenvalue weighted by molar-refractivity contribution is -0.113. The standard InChI is InChI=1S/C20H23NO2S/c22-20(15-24-19-8-4-5-9-19)21-17-10-12-18(13-11-17)23-14-16-6-2-1-3-7-16/h1-3,6-7,10-13,19H,4-5,8-9,14-15H2,(H,21,22). The van der Waals surface area contributed by atoms with E-state index in [0.29, 0.717) is 17.6 Å². The van der Waals surface area contributed by atoms with Gasteiger partial charge < -0.3 is 10.1 Å². The highest BCUT2D eigenvalue weighted by molar-refractivity contribution is 8.00. The molecule has 0 saturated heterocycles. The Labute approximate surface area is 147 Å². The summed E-state index contributed by atoms with van der Waals surface area (Å²) in [7, 11) is 0. The quantitative estimate of drug-likeness (QED) is 0.780. The maximum absolute atomic E-state index is 12.0. The third kappa shape index (κ3) is 5.31. The topological polar surface area (TPSA) is 38.3 Å². The zero-order valence-corrected chi connectivity index (χ0v) is 14.6. The van der Waals surface area contributed by atoms with Crippen LogP contribution in [0.4, 0.5) is 5.69 Å². The molecule has 0 unspecified atom stereocenters. The van der Waals surface area contributed by atoms with Gasteiger partial charge in [-0.1, -0.05) is 43.2 Å². The molecule has 126 valence electrons. The molecule has 1 N–H and O–H groups in total. The Morgan fingerprint density at radius 1 is 1.04 bits per heavy atom. The summed E-state index contributed by atoms with van der Waals surface area (Å²) < 4.78 is 5.75. The first kappa shape index (κ1) is 16.9. The Morgan fingerprint density at radius 2 is 1.75 bits per heavy atom. The Morgan fingerprint density at radius 3 is 2.46 bits per heavy atom. The lowest BCUT2D eigenvalue weighted by atomic mass is 10.2. The van der Waals surface area contributed by atoms with Crippen LogP contribution in [0.25, 0.3) is 0 Å².